The average Bonchev–Trinajstić information content (AvgIpc) is 2.92. The fourth-order valence-corrected chi connectivity index (χ4v) is 2.84. The molecule has 0 fully saturated rings. The van der Waals surface area contributed by atoms with E-state index in [9.17, 15) is 14.0 Å². The first-order valence-electron chi connectivity index (χ1n) is 7.43. The first-order valence-corrected chi connectivity index (χ1v) is 7.43. The Hall–Kier alpha value is -2.70. The van der Waals surface area contributed by atoms with Crippen LogP contribution >= 0.6 is 0 Å². The number of nitrogens with one attached hydrogen (secondary N) is 1. The van der Waals surface area contributed by atoms with Crippen LogP contribution in [0.5, 0.6) is 0 Å². The molecule has 7 heteroatoms. The molecule has 0 radical (unpaired) electrons. The second-order valence-corrected chi connectivity index (χ2v) is 5.45. The lowest BCUT2D eigenvalue weighted by atomic mass is 9.95. The number of halogens is 1. The highest BCUT2D eigenvalue weighted by molar-refractivity contribution is 5.95. The van der Waals surface area contributed by atoms with E-state index in [-0.39, 0.29) is 11.5 Å². The lowest BCUT2D eigenvalue weighted by molar-refractivity contribution is -0.135. The fourth-order valence-electron chi connectivity index (χ4n) is 2.84. The van der Waals surface area contributed by atoms with E-state index in [0.717, 1.165) is 30.5 Å². The third-order valence-corrected chi connectivity index (χ3v) is 3.85. The normalized spacial score (nSPS) is 13.4. The van der Waals surface area contributed by atoms with Gasteiger partial charge >= 0.3 is 5.97 Å². The van der Waals surface area contributed by atoms with Gasteiger partial charge in [-0.25, -0.2) is 9.07 Å². The summed E-state index contributed by atoms with van der Waals surface area (Å²) in [5.74, 6) is -2.00. The molecule has 0 saturated heterocycles. The zero-order chi connectivity index (χ0) is 16.4. The number of carboxylic acids is 1. The highest BCUT2D eigenvalue weighted by Crippen LogP contribution is 2.27. The molecule has 1 aliphatic carbocycles. The SMILES string of the molecule is O=C(O)CNC(=O)c1nn(-c2cccc(F)c2)c2c1CCCC2. The van der Waals surface area contributed by atoms with Crippen LogP contribution < -0.4 is 5.32 Å². The smallest absolute Gasteiger partial charge is 0.322 e. The molecule has 1 amide bonds. The molecule has 1 aromatic heterocycles. The molecule has 23 heavy (non-hydrogen) atoms. The molecule has 3 rings (SSSR count). The topological polar surface area (TPSA) is 84.2 Å². The van der Waals surface area contributed by atoms with Crippen molar-refractivity contribution in [2.45, 2.75) is 25.7 Å². The van der Waals surface area contributed by atoms with Gasteiger partial charge in [0.25, 0.3) is 5.91 Å². The van der Waals surface area contributed by atoms with E-state index < -0.39 is 18.4 Å². The van der Waals surface area contributed by atoms with E-state index in [1.165, 1.54) is 12.1 Å². The number of benzene rings is 1. The summed E-state index contributed by atoms with van der Waals surface area (Å²) in [5, 5.41) is 15.3. The second-order valence-electron chi connectivity index (χ2n) is 5.45. The Kier molecular flexibility index (Phi) is 4.10. The molecule has 0 aliphatic heterocycles. The number of fused-ring (bicyclic) bond motifs is 1. The Bertz CT molecular complexity index is 770. The quantitative estimate of drug-likeness (QED) is 0.899. The largest absolute Gasteiger partial charge is 0.480 e. The Morgan fingerprint density at radius 3 is 2.83 bits per heavy atom. The Morgan fingerprint density at radius 2 is 2.09 bits per heavy atom. The summed E-state index contributed by atoms with van der Waals surface area (Å²) in [6.07, 6.45) is 3.39. The van der Waals surface area contributed by atoms with Gasteiger partial charge in [-0.15, -0.1) is 0 Å². The summed E-state index contributed by atoms with van der Waals surface area (Å²) in [6.45, 7) is -0.458. The number of aromatic nitrogens is 2. The van der Waals surface area contributed by atoms with Crippen molar-refractivity contribution in [1.82, 2.24) is 15.1 Å². The van der Waals surface area contributed by atoms with Gasteiger partial charge < -0.3 is 10.4 Å². The maximum absolute atomic E-state index is 13.5. The number of rotatable bonds is 4. The average molecular weight is 317 g/mol. The number of carboxylic acid groups (broad SMARTS) is 1. The molecule has 120 valence electrons. The van der Waals surface area contributed by atoms with Crippen molar-refractivity contribution in [1.29, 1.82) is 0 Å². The number of carbonyl (C=O) groups is 2. The number of nitrogens with zero attached hydrogens (tertiary/aromatic N) is 2. The first kappa shape index (κ1) is 15.2. The minimum absolute atomic E-state index is 0.227. The van der Waals surface area contributed by atoms with E-state index in [1.54, 1.807) is 16.8 Å². The minimum Gasteiger partial charge on any atom is -0.480 e. The predicted octanol–water partition coefficient (Wildman–Crippen LogP) is 1.70. The van der Waals surface area contributed by atoms with E-state index in [2.05, 4.69) is 10.4 Å². The third-order valence-electron chi connectivity index (χ3n) is 3.85. The van der Waals surface area contributed by atoms with Crippen LogP contribution in [0.15, 0.2) is 24.3 Å². The minimum atomic E-state index is -1.11. The van der Waals surface area contributed by atoms with Gasteiger partial charge in [0.05, 0.1) is 5.69 Å². The second kappa shape index (κ2) is 6.20. The third kappa shape index (κ3) is 3.08. The zero-order valence-corrected chi connectivity index (χ0v) is 12.4. The van der Waals surface area contributed by atoms with Crippen molar-refractivity contribution >= 4 is 11.9 Å². The monoisotopic (exact) mass is 317 g/mol. The number of amides is 1. The highest BCUT2D eigenvalue weighted by atomic mass is 19.1. The van der Waals surface area contributed by atoms with Crippen molar-refractivity contribution in [2.24, 2.45) is 0 Å². The van der Waals surface area contributed by atoms with Gasteiger partial charge in [0.15, 0.2) is 5.69 Å². The molecule has 0 spiro atoms. The molecular formula is C16H16FN3O3. The number of aliphatic carboxylic acids is 1. The van der Waals surface area contributed by atoms with Crippen LogP contribution in [0.4, 0.5) is 4.39 Å². The molecule has 1 aromatic carbocycles. The molecule has 6 nitrogen and oxygen atoms in total. The molecule has 0 bridgehead atoms. The van der Waals surface area contributed by atoms with E-state index in [1.807, 2.05) is 0 Å². The predicted molar refractivity (Wildman–Crippen MR) is 80.1 cm³/mol. The molecule has 0 saturated carbocycles. The summed E-state index contributed by atoms with van der Waals surface area (Å²) in [6, 6.07) is 6.02. The molecule has 0 atom stereocenters. The first-order chi connectivity index (χ1) is 11.1. The lowest BCUT2D eigenvalue weighted by Crippen LogP contribution is -2.30. The van der Waals surface area contributed by atoms with Gasteiger partial charge in [-0.05, 0) is 43.9 Å². The summed E-state index contributed by atoms with van der Waals surface area (Å²) in [7, 11) is 0. The molecule has 1 heterocycles. The van der Waals surface area contributed by atoms with Crippen LogP contribution in [0.3, 0.4) is 0 Å². The van der Waals surface area contributed by atoms with Crippen LogP contribution in [0.25, 0.3) is 5.69 Å². The van der Waals surface area contributed by atoms with Gasteiger partial charge in [-0.1, -0.05) is 6.07 Å². The number of carbonyl (C=O) groups excluding carboxylic acids is 1. The van der Waals surface area contributed by atoms with Crippen LogP contribution in [0.1, 0.15) is 34.6 Å². The van der Waals surface area contributed by atoms with Crippen LogP contribution in [0.2, 0.25) is 0 Å². The van der Waals surface area contributed by atoms with Crippen LogP contribution in [0, 0.1) is 5.82 Å². The van der Waals surface area contributed by atoms with Crippen molar-refractivity contribution in [3.05, 3.63) is 47.0 Å². The van der Waals surface area contributed by atoms with Gasteiger partial charge in [0.2, 0.25) is 0 Å². The molecule has 1 aliphatic rings. The maximum atomic E-state index is 13.5. The lowest BCUT2D eigenvalue weighted by Gasteiger charge is -2.14. The molecule has 2 N–H and O–H groups in total. The molecule has 0 unspecified atom stereocenters. The van der Waals surface area contributed by atoms with Crippen LogP contribution in [-0.2, 0) is 17.6 Å². The maximum Gasteiger partial charge on any atom is 0.322 e. The fraction of sp³-hybridized carbons (Fsp3) is 0.312. The standard InChI is InChI=1S/C16H16FN3O3/c17-10-4-3-5-11(8-10)20-13-7-2-1-6-12(13)15(19-20)16(23)18-9-14(21)22/h3-5,8H,1-2,6-7,9H2,(H,18,23)(H,21,22). The van der Waals surface area contributed by atoms with Crippen molar-refractivity contribution in [3.63, 3.8) is 0 Å². The summed E-state index contributed by atoms with van der Waals surface area (Å²) >= 11 is 0. The molecule has 2 aromatic rings. The summed E-state index contributed by atoms with van der Waals surface area (Å²) in [5.41, 5.74) is 2.50. The van der Waals surface area contributed by atoms with E-state index in [0.29, 0.717) is 12.1 Å². The molecular weight excluding hydrogens is 301 g/mol. The van der Waals surface area contributed by atoms with E-state index >= 15 is 0 Å². The van der Waals surface area contributed by atoms with Gasteiger partial charge in [-0.3, -0.25) is 9.59 Å². The van der Waals surface area contributed by atoms with Gasteiger partial charge in [0.1, 0.15) is 12.4 Å². The Labute approximate surface area is 131 Å². The summed E-state index contributed by atoms with van der Waals surface area (Å²) in [4.78, 5) is 22.8. The Morgan fingerprint density at radius 1 is 1.30 bits per heavy atom. The van der Waals surface area contributed by atoms with Crippen molar-refractivity contribution < 1.29 is 19.1 Å². The van der Waals surface area contributed by atoms with Crippen molar-refractivity contribution in [3.8, 4) is 5.69 Å². The van der Waals surface area contributed by atoms with Crippen molar-refractivity contribution in [2.75, 3.05) is 6.54 Å². The number of hydrogen-bond acceptors (Lipinski definition) is 3. The van der Waals surface area contributed by atoms with E-state index in [4.69, 9.17) is 5.11 Å². The Balaban J connectivity index is 2.01. The van der Waals surface area contributed by atoms with Gasteiger partial charge in [0, 0.05) is 11.3 Å². The number of hydrogen-bond donors (Lipinski definition) is 2. The highest BCUT2D eigenvalue weighted by Gasteiger charge is 2.25. The summed E-state index contributed by atoms with van der Waals surface area (Å²) < 4.78 is 15.1. The van der Waals surface area contributed by atoms with Gasteiger partial charge in [-0.2, -0.15) is 5.10 Å². The van der Waals surface area contributed by atoms with Crippen LogP contribution in [-0.4, -0.2) is 33.3 Å². The zero-order valence-electron chi connectivity index (χ0n) is 12.4.